The van der Waals surface area contributed by atoms with Crippen molar-refractivity contribution in [1.29, 1.82) is 0 Å². The molecular weight excluding hydrogens is 276 g/mol. The molecule has 1 aromatic carbocycles. The zero-order valence-corrected chi connectivity index (χ0v) is 13.3. The van der Waals surface area contributed by atoms with E-state index in [9.17, 15) is 9.90 Å². The number of benzene rings is 1. The van der Waals surface area contributed by atoms with Crippen LogP contribution in [0.2, 0.25) is 0 Å². The monoisotopic (exact) mass is 300 g/mol. The van der Waals surface area contributed by atoms with Crippen LogP contribution in [0.3, 0.4) is 0 Å². The third-order valence-electron chi connectivity index (χ3n) is 4.77. The van der Waals surface area contributed by atoms with Crippen LogP contribution in [0.15, 0.2) is 18.2 Å². The number of rotatable bonds is 3. The van der Waals surface area contributed by atoms with Crippen LogP contribution in [0, 0.1) is 19.8 Å². The molecule has 1 aromatic heterocycles. The topological polar surface area (TPSA) is 65.1 Å². The molecule has 3 N–H and O–H groups in total. The molecule has 3 rings (SSSR count). The summed E-state index contributed by atoms with van der Waals surface area (Å²) in [6.45, 7) is 4.40. The summed E-state index contributed by atoms with van der Waals surface area (Å²) in [5.41, 5.74) is 4.04. The first-order valence-electron chi connectivity index (χ1n) is 8.08. The van der Waals surface area contributed by atoms with Crippen molar-refractivity contribution in [3.8, 4) is 0 Å². The third kappa shape index (κ3) is 3.02. The fraction of sp³-hybridized carbons (Fsp3) is 0.500. The van der Waals surface area contributed by atoms with Gasteiger partial charge in [-0.15, -0.1) is 0 Å². The second kappa shape index (κ2) is 6.13. The molecule has 0 atom stereocenters. The summed E-state index contributed by atoms with van der Waals surface area (Å²) >= 11 is 0. The van der Waals surface area contributed by atoms with Gasteiger partial charge in [-0.1, -0.05) is 6.07 Å². The largest absolute Gasteiger partial charge is 0.396 e. The number of aromatic nitrogens is 1. The molecule has 0 radical (unpaired) electrons. The molecule has 0 aliphatic heterocycles. The van der Waals surface area contributed by atoms with Crippen molar-refractivity contribution < 1.29 is 9.90 Å². The summed E-state index contributed by atoms with van der Waals surface area (Å²) in [7, 11) is 0. The van der Waals surface area contributed by atoms with Gasteiger partial charge in [0.2, 0.25) is 0 Å². The fourth-order valence-corrected chi connectivity index (χ4v) is 3.47. The maximum absolute atomic E-state index is 12.4. The number of aliphatic hydroxyl groups is 1. The van der Waals surface area contributed by atoms with Crippen LogP contribution >= 0.6 is 0 Å². The molecule has 0 saturated heterocycles. The highest BCUT2D eigenvalue weighted by Crippen LogP contribution is 2.25. The Bertz CT molecular complexity index is 682. The minimum absolute atomic E-state index is 0.0271. The number of carbonyl (C=O) groups is 1. The van der Waals surface area contributed by atoms with Gasteiger partial charge in [0.05, 0.1) is 0 Å². The van der Waals surface area contributed by atoms with Crippen LogP contribution in [-0.4, -0.2) is 28.6 Å². The Labute approximate surface area is 130 Å². The van der Waals surface area contributed by atoms with E-state index in [1.54, 1.807) is 0 Å². The Morgan fingerprint density at radius 1 is 1.23 bits per heavy atom. The first-order valence-corrected chi connectivity index (χ1v) is 8.08. The van der Waals surface area contributed by atoms with Crippen LogP contribution in [0.25, 0.3) is 10.9 Å². The molecule has 4 nitrogen and oxygen atoms in total. The predicted molar refractivity (Wildman–Crippen MR) is 88.1 cm³/mol. The second-order valence-corrected chi connectivity index (χ2v) is 6.60. The maximum atomic E-state index is 12.4. The van der Waals surface area contributed by atoms with E-state index in [0.29, 0.717) is 11.6 Å². The van der Waals surface area contributed by atoms with E-state index in [4.69, 9.17) is 0 Å². The average molecular weight is 300 g/mol. The summed E-state index contributed by atoms with van der Waals surface area (Å²) in [4.78, 5) is 15.7. The maximum Gasteiger partial charge on any atom is 0.267 e. The molecule has 1 heterocycles. The number of carbonyl (C=O) groups excluding carboxylic acids is 1. The number of aromatic amines is 1. The molecule has 1 fully saturated rings. The number of aliphatic hydroxyl groups excluding tert-OH is 1. The molecule has 118 valence electrons. The summed E-state index contributed by atoms with van der Waals surface area (Å²) in [5.74, 6) is 0.382. The summed E-state index contributed by atoms with van der Waals surface area (Å²) in [6, 6.07) is 6.38. The minimum atomic E-state index is -0.0271. The number of aryl methyl sites for hydroxylation is 2. The Hall–Kier alpha value is -1.81. The normalized spacial score (nSPS) is 22.0. The zero-order valence-electron chi connectivity index (χ0n) is 13.3. The average Bonchev–Trinajstić information content (AvgIpc) is 2.92. The first kappa shape index (κ1) is 15.1. The lowest BCUT2D eigenvalue weighted by molar-refractivity contribution is 0.0910. The van der Waals surface area contributed by atoms with Crippen LogP contribution in [-0.2, 0) is 0 Å². The quantitative estimate of drug-likeness (QED) is 0.815. The Balaban J connectivity index is 1.71. The van der Waals surface area contributed by atoms with E-state index in [0.717, 1.165) is 36.6 Å². The molecule has 1 saturated carbocycles. The van der Waals surface area contributed by atoms with Gasteiger partial charge in [0.25, 0.3) is 5.91 Å². The van der Waals surface area contributed by atoms with Crippen molar-refractivity contribution >= 4 is 16.8 Å². The molecule has 0 spiro atoms. The van der Waals surface area contributed by atoms with Gasteiger partial charge in [-0.3, -0.25) is 4.79 Å². The van der Waals surface area contributed by atoms with Crippen molar-refractivity contribution in [1.82, 2.24) is 10.3 Å². The highest BCUT2D eigenvalue weighted by Gasteiger charge is 2.22. The molecule has 0 unspecified atom stereocenters. The molecule has 1 aliphatic rings. The van der Waals surface area contributed by atoms with Crippen molar-refractivity contribution in [2.45, 2.75) is 45.6 Å². The van der Waals surface area contributed by atoms with E-state index in [1.165, 1.54) is 11.1 Å². The Kier molecular flexibility index (Phi) is 4.21. The zero-order chi connectivity index (χ0) is 15.7. The lowest BCUT2D eigenvalue weighted by Crippen LogP contribution is -2.38. The van der Waals surface area contributed by atoms with Gasteiger partial charge in [0.15, 0.2) is 0 Å². The summed E-state index contributed by atoms with van der Waals surface area (Å²) < 4.78 is 0. The number of H-pyrrole nitrogens is 1. The minimum Gasteiger partial charge on any atom is -0.396 e. The number of hydrogen-bond acceptors (Lipinski definition) is 2. The van der Waals surface area contributed by atoms with E-state index >= 15 is 0 Å². The lowest BCUT2D eigenvalue weighted by atomic mass is 9.86. The van der Waals surface area contributed by atoms with E-state index in [1.807, 2.05) is 6.07 Å². The molecule has 0 bridgehead atoms. The fourth-order valence-electron chi connectivity index (χ4n) is 3.47. The highest BCUT2D eigenvalue weighted by molar-refractivity contribution is 5.99. The smallest absolute Gasteiger partial charge is 0.267 e. The standard InChI is InChI=1S/C18H24N2O2/c1-11-7-12(2)15-9-17(20-16(15)8-11)18(22)19-14-5-3-13(10-21)4-6-14/h7-9,13-14,20-21H,3-6,10H2,1-2H3,(H,19,22). The lowest BCUT2D eigenvalue weighted by Gasteiger charge is -2.27. The van der Waals surface area contributed by atoms with Crippen molar-refractivity contribution in [2.24, 2.45) is 5.92 Å². The van der Waals surface area contributed by atoms with Gasteiger partial charge >= 0.3 is 0 Å². The van der Waals surface area contributed by atoms with Gasteiger partial charge in [0, 0.05) is 23.6 Å². The number of hydrogen-bond donors (Lipinski definition) is 3. The molecule has 4 heteroatoms. The SMILES string of the molecule is Cc1cc(C)c2cc(C(=O)NC3CCC(CO)CC3)[nH]c2c1. The van der Waals surface area contributed by atoms with Gasteiger partial charge in [0.1, 0.15) is 5.69 Å². The number of nitrogens with one attached hydrogen (secondary N) is 2. The van der Waals surface area contributed by atoms with Gasteiger partial charge in [-0.05, 0) is 68.7 Å². The van der Waals surface area contributed by atoms with E-state index in [-0.39, 0.29) is 18.6 Å². The van der Waals surface area contributed by atoms with Crippen LogP contribution < -0.4 is 5.32 Å². The molecule has 1 aliphatic carbocycles. The summed E-state index contributed by atoms with van der Waals surface area (Å²) in [5, 5.41) is 13.4. The Morgan fingerprint density at radius 3 is 2.64 bits per heavy atom. The van der Waals surface area contributed by atoms with E-state index < -0.39 is 0 Å². The van der Waals surface area contributed by atoms with Crippen LogP contribution in [0.1, 0.15) is 47.3 Å². The number of amides is 1. The first-order chi connectivity index (χ1) is 10.6. The molecule has 22 heavy (non-hydrogen) atoms. The van der Waals surface area contributed by atoms with Crippen LogP contribution in [0.4, 0.5) is 0 Å². The second-order valence-electron chi connectivity index (χ2n) is 6.60. The number of fused-ring (bicyclic) bond motifs is 1. The third-order valence-corrected chi connectivity index (χ3v) is 4.77. The summed E-state index contributed by atoms with van der Waals surface area (Å²) in [6.07, 6.45) is 3.89. The van der Waals surface area contributed by atoms with Crippen molar-refractivity contribution in [3.63, 3.8) is 0 Å². The van der Waals surface area contributed by atoms with Gasteiger partial charge < -0.3 is 15.4 Å². The highest BCUT2D eigenvalue weighted by atomic mass is 16.3. The molecule has 1 amide bonds. The molecule has 2 aromatic rings. The van der Waals surface area contributed by atoms with Crippen molar-refractivity contribution in [3.05, 3.63) is 35.0 Å². The van der Waals surface area contributed by atoms with E-state index in [2.05, 4.69) is 36.3 Å². The molecular formula is C18H24N2O2. The Morgan fingerprint density at radius 2 is 1.95 bits per heavy atom. The van der Waals surface area contributed by atoms with Gasteiger partial charge in [-0.2, -0.15) is 0 Å². The van der Waals surface area contributed by atoms with Crippen molar-refractivity contribution in [2.75, 3.05) is 6.61 Å². The van der Waals surface area contributed by atoms with Crippen LogP contribution in [0.5, 0.6) is 0 Å². The predicted octanol–water partition coefficient (Wildman–Crippen LogP) is 3.07. The van der Waals surface area contributed by atoms with Gasteiger partial charge in [-0.25, -0.2) is 0 Å².